The average molecular weight is 606 g/mol. The second kappa shape index (κ2) is 11.4. The van der Waals surface area contributed by atoms with Crippen molar-refractivity contribution in [1.82, 2.24) is 0 Å². The van der Waals surface area contributed by atoms with Gasteiger partial charge in [0.15, 0.2) is 5.17 Å². The molecule has 0 fully saturated rings. The lowest BCUT2D eigenvalue weighted by atomic mass is 9.83. The SMILES string of the molecule is CCN1/C(=C\C=C2/SC(N(c3ccccc3)c3ccccc3)=NC2=O)C(C)(C)c2cc(S(=O)(=O)c3ccccc3)ccc21. The van der Waals surface area contributed by atoms with Crippen molar-refractivity contribution in [3.05, 3.63) is 138 Å². The maximum atomic E-state index is 13.4. The molecule has 43 heavy (non-hydrogen) atoms. The topological polar surface area (TPSA) is 70.0 Å². The van der Waals surface area contributed by atoms with E-state index in [1.165, 1.54) is 11.8 Å². The van der Waals surface area contributed by atoms with Crippen molar-refractivity contribution in [1.29, 1.82) is 0 Å². The van der Waals surface area contributed by atoms with E-state index in [1.807, 2.05) is 83.8 Å². The summed E-state index contributed by atoms with van der Waals surface area (Å²) >= 11 is 1.34. The van der Waals surface area contributed by atoms with Crippen LogP contribution in [0.25, 0.3) is 0 Å². The highest BCUT2D eigenvalue weighted by atomic mass is 32.2. The molecule has 0 saturated heterocycles. The van der Waals surface area contributed by atoms with Crippen LogP contribution in [0.15, 0.2) is 147 Å². The summed E-state index contributed by atoms with van der Waals surface area (Å²) in [6.07, 6.45) is 3.81. The van der Waals surface area contributed by atoms with Gasteiger partial charge in [-0.05, 0) is 91.0 Å². The molecule has 0 aromatic heterocycles. The molecular formula is C35H31N3O3S2. The van der Waals surface area contributed by atoms with Gasteiger partial charge in [0.2, 0.25) is 9.84 Å². The summed E-state index contributed by atoms with van der Waals surface area (Å²) in [5, 5.41) is 0.587. The summed E-state index contributed by atoms with van der Waals surface area (Å²) in [5.74, 6) is -0.290. The van der Waals surface area contributed by atoms with Gasteiger partial charge in [-0.1, -0.05) is 68.4 Å². The number of para-hydroxylation sites is 2. The third kappa shape index (κ3) is 5.21. The number of aliphatic imine (C=N–C) groups is 1. The molecule has 6 rings (SSSR count). The van der Waals surface area contributed by atoms with Gasteiger partial charge < -0.3 is 4.90 Å². The highest BCUT2D eigenvalue weighted by Gasteiger charge is 2.40. The van der Waals surface area contributed by atoms with Crippen molar-refractivity contribution in [2.45, 2.75) is 36.0 Å². The number of anilines is 3. The molecule has 8 heteroatoms. The molecule has 2 aliphatic rings. The Hall–Kier alpha value is -4.40. The van der Waals surface area contributed by atoms with Crippen LogP contribution in [0.4, 0.5) is 17.1 Å². The number of sulfone groups is 1. The van der Waals surface area contributed by atoms with Crippen molar-refractivity contribution in [3.63, 3.8) is 0 Å². The number of carbonyl (C=O) groups is 1. The number of rotatable bonds is 6. The van der Waals surface area contributed by atoms with Crippen LogP contribution in [0.1, 0.15) is 26.3 Å². The van der Waals surface area contributed by atoms with E-state index < -0.39 is 15.3 Å². The number of nitrogens with zero attached hydrogens (tertiary/aromatic N) is 3. The monoisotopic (exact) mass is 605 g/mol. The van der Waals surface area contributed by atoms with Crippen molar-refractivity contribution in [2.24, 2.45) is 4.99 Å². The third-order valence-electron chi connectivity index (χ3n) is 7.77. The molecule has 0 unspecified atom stereocenters. The fraction of sp³-hybridized carbons (Fsp3) is 0.143. The molecule has 216 valence electrons. The number of fused-ring (bicyclic) bond motifs is 1. The van der Waals surface area contributed by atoms with Gasteiger partial charge in [-0.15, -0.1) is 0 Å². The Labute approximate surface area is 257 Å². The Balaban J connectivity index is 1.33. The van der Waals surface area contributed by atoms with Crippen LogP contribution in [-0.4, -0.2) is 26.0 Å². The number of hydrogen-bond acceptors (Lipinski definition) is 6. The van der Waals surface area contributed by atoms with E-state index in [4.69, 9.17) is 0 Å². The van der Waals surface area contributed by atoms with Crippen molar-refractivity contribution < 1.29 is 13.2 Å². The van der Waals surface area contributed by atoms with Gasteiger partial charge in [-0.25, -0.2) is 8.42 Å². The van der Waals surface area contributed by atoms with Crippen LogP contribution in [0.3, 0.4) is 0 Å². The molecule has 2 aliphatic heterocycles. The number of likely N-dealkylation sites (N-methyl/N-ethyl adjacent to an activating group) is 1. The second-order valence-corrected chi connectivity index (χ2v) is 13.7. The summed E-state index contributed by atoms with van der Waals surface area (Å²) in [6, 6.07) is 33.6. The summed E-state index contributed by atoms with van der Waals surface area (Å²) in [4.78, 5) is 22.8. The summed E-state index contributed by atoms with van der Waals surface area (Å²) in [7, 11) is -3.66. The van der Waals surface area contributed by atoms with Gasteiger partial charge in [-0.3, -0.25) is 9.69 Å². The number of allylic oxidation sites excluding steroid dienone is 3. The summed E-state index contributed by atoms with van der Waals surface area (Å²) < 4.78 is 26.8. The molecule has 0 spiro atoms. The van der Waals surface area contributed by atoms with Crippen LogP contribution in [0.5, 0.6) is 0 Å². The van der Waals surface area contributed by atoms with Crippen LogP contribution in [-0.2, 0) is 20.0 Å². The van der Waals surface area contributed by atoms with E-state index in [2.05, 4.69) is 30.7 Å². The van der Waals surface area contributed by atoms with Crippen LogP contribution in [0.2, 0.25) is 0 Å². The lowest BCUT2D eigenvalue weighted by molar-refractivity contribution is -0.113. The van der Waals surface area contributed by atoms with Gasteiger partial charge >= 0.3 is 0 Å². The van der Waals surface area contributed by atoms with Crippen LogP contribution < -0.4 is 9.80 Å². The first-order valence-corrected chi connectivity index (χ1v) is 16.4. The molecule has 6 nitrogen and oxygen atoms in total. The summed E-state index contributed by atoms with van der Waals surface area (Å²) in [6.45, 7) is 6.93. The van der Waals surface area contributed by atoms with Gasteiger partial charge in [-0.2, -0.15) is 4.99 Å². The number of amidine groups is 1. The quantitative estimate of drug-likeness (QED) is 0.208. The van der Waals surface area contributed by atoms with E-state index in [1.54, 1.807) is 42.5 Å². The van der Waals surface area contributed by atoms with E-state index in [9.17, 15) is 13.2 Å². The minimum atomic E-state index is -3.66. The number of thioether (sulfide) groups is 1. The van der Waals surface area contributed by atoms with Crippen molar-refractivity contribution in [3.8, 4) is 0 Å². The molecule has 0 aliphatic carbocycles. The largest absolute Gasteiger partial charge is 0.344 e. The standard InChI is InChI=1S/C35H31N3O3S2/c1-4-37-30-21-20-28(43(40,41)27-18-12-7-13-19-27)24-29(30)35(2,3)32(37)23-22-31-33(39)36-34(42-31)38(25-14-8-5-9-15-25)26-16-10-6-11-17-26/h5-24H,4H2,1-3H3/b31-22-,32-23-. The van der Waals surface area contributed by atoms with Gasteiger partial charge in [0, 0.05) is 34.7 Å². The number of benzene rings is 4. The zero-order valence-electron chi connectivity index (χ0n) is 24.1. The lowest BCUT2D eigenvalue weighted by Crippen LogP contribution is -2.25. The molecular weight excluding hydrogens is 575 g/mol. The Bertz CT molecular complexity index is 1840. The highest BCUT2D eigenvalue weighted by molar-refractivity contribution is 8.18. The average Bonchev–Trinajstić information content (AvgIpc) is 3.49. The van der Waals surface area contributed by atoms with Gasteiger partial charge in [0.25, 0.3) is 5.91 Å². The van der Waals surface area contributed by atoms with E-state index in [0.717, 1.165) is 28.3 Å². The molecule has 0 bridgehead atoms. The van der Waals surface area contributed by atoms with E-state index in [0.29, 0.717) is 16.6 Å². The minimum Gasteiger partial charge on any atom is -0.344 e. The van der Waals surface area contributed by atoms with Crippen LogP contribution >= 0.6 is 11.8 Å². The molecule has 1 amide bonds. The maximum Gasteiger partial charge on any atom is 0.286 e. The number of amides is 1. The first-order chi connectivity index (χ1) is 20.7. The van der Waals surface area contributed by atoms with E-state index in [-0.39, 0.29) is 15.7 Å². The highest BCUT2D eigenvalue weighted by Crippen LogP contribution is 2.49. The minimum absolute atomic E-state index is 0.266. The predicted octanol–water partition coefficient (Wildman–Crippen LogP) is 7.87. The molecule has 0 saturated carbocycles. The Morgan fingerprint density at radius 1 is 0.814 bits per heavy atom. The zero-order valence-corrected chi connectivity index (χ0v) is 25.8. The zero-order chi connectivity index (χ0) is 30.2. The Morgan fingerprint density at radius 3 is 1.98 bits per heavy atom. The molecule has 4 aromatic carbocycles. The van der Waals surface area contributed by atoms with E-state index >= 15 is 0 Å². The van der Waals surface area contributed by atoms with Crippen molar-refractivity contribution >= 4 is 49.7 Å². The van der Waals surface area contributed by atoms with Gasteiger partial charge in [0.1, 0.15) is 0 Å². The molecule has 4 aromatic rings. The molecule has 2 heterocycles. The number of carbonyl (C=O) groups excluding carboxylic acids is 1. The molecule has 0 N–H and O–H groups in total. The normalized spacial score (nSPS) is 17.8. The molecule has 0 atom stereocenters. The smallest absolute Gasteiger partial charge is 0.286 e. The lowest BCUT2D eigenvalue weighted by Gasteiger charge is -2.26. The second-order valence-electron chi connectivity index (χ2n) is 10.8. The van der Waals surface area contributed by atoms with Gasteiger partial charge in [0.05, 0.1) is 14.7 Å². The molecule has 0 radical (unpaired) electrons. The fourth-order valence-corrected chi connectivity index (χ4v) is 7.79. The predicted molar refractivity (Wildman–Crippen MR) is 176 cm³/mol. The number of hydrogen-bond donors (Lipinski definition) is 0. The Morgan fingerprint density at radius 2 is 1.40 bits per heavy atom. The first-order valence-electron chi connectivity index (χ1n) is 14.1. The fourth-order valence-electron chi connectivity index (χ4n) is 5.58. The van der Waals surface area contributed by atoms with Crippen LogP contribution in [0, 0.1) is 0 Å². The summed E-state index contributed by atoms with van der Waals surface area (Å²) in [5.41, 5.74) is 4.21. The third-order valence-corrected chi connectivity index (χ3v) is 10.5. The first kappa shape index (κ1) is 28.7. The maximum absolute atomic E-state index is 13.4. The van der Waals surface area contributed by atoms with Crippen molar-refractivity contribution in [2.75, 3.05) is 16.3 Å². The Kier molecular flexibility index (Phi) is 7.58.